The summed E-state index contributed by atoms with van der Waals surface area (Å²) in [5.74, 6) is 7.19. The van der Waals surface area contributed by atoms with Crippen molar-refractivity contribution in [3.05, 3.63) is 268 Å². The van der Waals surface area contributed by atoms with Crippen LogP contribution in [0.2, 0.25) is 0 Å². The van der Waals surface area contributed by atoms with Crippen LogP contribution in [0.5, 0.6) is 86.2 Å². The van der Waals surface area contributed by atoms with E-state index in [0.717, 1.165) is 33.4 Å². The molecule has 2 atom stereocenters. The minimum Gasteiger partial charge on any atom is -0.497 e. The van der Waals surface area contributed by atoms with Gasteiger partial charge in [-0.05, 0) is 212 Å². The first-order valence-electron chi connectivity index (χ1n) is 35.1. The SMILES string of the molecule is COc1ccc(COc2cc(COc3cc(COc4ccc(CC(NC(=O)OC(C)(C)C)C(=O)NC(C)C(C)=O)cc4)cc(OCc4cc(OCc5ccc(OC)cc5)c(OCc5ccc(OC)cc5)c(OCc5ccc(OC)cc5)c4)c3)cc(OCc3ccc(OC)cc3)c2OCc2ccc(OC)cc2)cc1. The molecule has 0 spiro atoms. The minimum absolute atomic E-state index is 0.0129. The zero-order chi connectivity index (χ0) is 76.4. The van der Waals surface area contributed by atoms with Gasteiger partial charge in [-0.3, -0.25) is 9.59 Å². The number of nitrogens with one attached hydrogen (secondary N) is 2. The van der Waals surface area contributed by atoms with Crippen LogP contribution in [0.1, 0.15) is 90.3 Å². The normalized spacial score (nSPS) is 11.5. The Labute approximate surface area is 630 Å². The third kappa shape index (κ3) is 23.8. The number of carbonyl (C=O) groups is 3. The predicted molar refractivity (Wildman–Crippen MR) is 408 cm³/mol. The molecule has 0 fully saturated rings. The molecule has 2 amide bonds. The fourth-order valence-electron chi connectivity index (χ4n) is 10.8. The summed E-state index contributed by atoms with van der Waals surface area (Å²) >= 11 is 0. The molecule has 108 heavy (non-hydrogen) atoms. The lowest BCUT2D eigenvalue weighted by atomic mass is 10.0. The molecule has 0 bridgehead atoms. The highest BCUT2D eigenvalue weighted by Crippen LogP contribution is 2.43. The average Bonchev–Trinajstić information content (AvgIpc) is 0.813. The van der Waals surface area contributed by atoms with E-state index in [1.807, 2.05) is 182 Å². The van der Waals surface area contributed by atoms with Gasteiger partial charge in [-0.2, -0.15) is 0 Å². The molecule has 10 rings (SSSR count). The number of ether oxygens (including phenoxy) is 16. The molecule has 0 aliphatic heterocycles. The molecule has 10 aromatic rings. The van der Waals surface area contributed by atoms with Gasteiger partial charge >= 0.3 is 6.09 Å². The van der Waals surface area contributed by atoms with Crippen molar-refractivity contribution in [3.8, 4) is 86.2 Å². The maximum Gasteiger partial charge on any atom is 0.408 e. The number of alkyl carbamates (subject to hydrolysis) is 1. The van der Waals surface area contributed by atoms with Crippen LogP contribution in [0.15, 0.2) is 212 Å². The van der Waals surface area contributed by atoms with Gasteiger partial charge in [0.2, 0.25) is 17.4 Å². The van der Waals surface area contributed by atoms with Crippen molar-refractivity contribution in [2.75, 3.05) is 42.7 Å². The second-order valence-corrected chi connectivity index (χ2v) is 26.2. The maximum atomic E-state index is 13.6. The Hall–Kier alpha value is -12.4. The van der Waals surface area contributed by atoms with Crippen LogP contribution in [0.3, 0.4) is 0 Å². The highest BCUT2D eigenvalue weighted by Gasteiger charge is 2.27. The molecule has 2 unspecified atom stereocenters. The van der Waals surface area contributed by atoms with Crippen molar-refractivity contribution in [1.29, 1.82) is 0 Å². The zero-order valence-electron chi connectivity index (χ0n) is 62.7. The zero-order valence-corrected chi connectivity index (χ0v) is 62.7. The summed E-state index contributed by atoms with van der Waals surface area (Å²) in [6.07, 6.45) is -0.701. The molecule has 10 aromatic carbocycles. The van der Waals surface area contributed by atoms with Gasteiger partial charge in [-0.25, -0.2) is 4.79 Å². The quantitative estimate of drug-likeness (QED) is 0.0365. The van der Waals surface area contributed by atoms with Crippen LogP contribution in [-0.4, -0.2) is 78.1 Å². The van der Waals surface area contributed by atoms with Gasteiger partial charge in [0.05, 0.1) is 48.7 Å². The smallest absolute Gasteiger partial charge is 0.408 e. The van der Waals surface area contributed by atoms with Gasteiger partial charge < -0.3 is 86.4 Å². The molecule has 21 nitrogen and oxygen atoms in total. The Morgan fingerprint density at radius 3 is 0.852 bits per heavy atom. The number of hydrogen-bond donors (Lipinski definition) is 2. The number of ketones is 1. The summed E-state index contributed by atoms with van der Waals surface area (Å²) in [5.41, 5.74) is 7.20. The third-order valence-electron chi connectivity index (χ3n) is 17.0. The van der Waals surface area contributed by atoms with E-state index in [1.165, 1.54) is 6.92 Å². The molecule has 0 heterocycles. The molecular formula is C87H92N2O19. The van der Waals surface area contributed by atoms with Crippen molar-refractivity contribution in [3.63, 3.8) is 0 Å². The van der Waals surface area contributed by atoms with E-state index in [1.54, 1.807) is 101 Å². The number of carbonyl (C=O) groups excluding carboxylic acids is 3. The second-order valence-electron chi connectivity index (χ2n) is 26.2. The van der Waals surface area contributed by atoms with E-state index in [9.17, 15) is 14.4 Å². The number of benzene rings is 10. The Morgan fingerprint density at radius 2 is 0.565 bits per heavy atom. The molecule has 0 radical (unpaired) electrons. The number of rotatable bonds is 39. The molecule has 0 saturated heterocycles. The third-order valence-corrected chi connectivity index (χ3v) is 17.0. The van der Waals surface area contributed by atoms with Crippen molar-refractivity contribution >= 4 is 17.8 Å². The Morgan fingerprint density at radius 1 is 0.306 bits per heavy atom. The minimum atomic E-state index is -1.07. The molecule has 2 N–H and O–H groups in total. The fourth-order valence-corrected chi connectivity index (χ4v) is 10.8. The molecular weight excluding hydrogens is 1380 g/mol. The molecule has 0 aromatic heterocycles. The van der Waals surface area contributed by atoms with Crippen LogP contribution < -0.4 is 81.7 Å². The Kier molecular flexibility index (Phi) is 27.9. The summed E-state index contributed by atoms with van der Waals surface area (Å²) in [6, 6.07) is 64.1. The van der Waals surface area contributed by atoms with Gasteiger partial charge in [0.1, 0.15) is 123 Å². The maximum absolute atomic E-state index is 13.6. The summed E-state index contributed by atoms with van der Waals surface area (Å²) < 4.78 is 98.6. The van der Waals surface area contributed by atoms with E-state index >= 15 is 0 Å². The van der Waals surface area contributed by atoms with Crippen molar-refractivity contribution in [2.45, 2.75) is 118 Å². The van der Waals surface area contributed by atoms with Gasteiger partial charge in [-0.1, -0.05) is 84.9 Å². The van der Waals surface area contributed by atoms with Gasteiger partial charge in [0, 0.05) is 12.5 Å². The van der Waals surface area contributed by atoms with Crippen LogP contribution in [0, 0.1) is 0 Å². The van der Waals surface area contributed by atoms with E-state index in [4.69, 9.17) is 75.8 Å². The summed E-state index contributed by atoms with van der Waals surface area (Å²) in [7, 11) is 9.73. The molecule has 564 valence electrons. The first-order chi connectivity index (χ1) is 52.3. The molecule has 0 aliphatic rings. The van der Waals surface area contributed by atoms with Gasteiger partial charge in [0.25, 0.3) is 0 Å². The van der Waals surface area contributed by atoms with Crippen LogP contribution >= 0.6 is 0 Å². The predicted octanol–water partition coefficient (Wildman–Crippen LogP) is 16.5. The second kappa shape index (κ2) is 38.6. The summed E-state index contributed by atoms with van der Waals surface area (Å²) in [6.45, 7) is 9.26. The van der Waals surface area contributed by atoms with Crippen LogP contribution in [-0.2, 0) is 80.2 Å². The lowest BCUT2D eigenvalue weighted by Crippen LogP contribution is -2.52. The fraction of sp³-hybridized carbons (Fsp3) is 0.276. The summed E-state index contributed by atoms with van der Waals surface area (Å²) in [5, 5.41) is 5.39. The van der Waals surface area contributed by atoms with Crippen LogP contribution in [0.25, 0.3) is 0 Å². The first-order valence-corrected chi connectivity index (χ1v) is 35.1. The number of methoxy groups -OCH3 is 6. The Bertz CT molecular complexity index is 4150. The van der Waals surface area contributed by atoms with Crippen molar-refractivity contribution in [1.82, 2.24) is 10.6 Å². The molecule has 0 aliphatic carbocycles. The number of Topliss-reactive ketones (excluding diaryl/α,β-unsaturated/α-hetero) is 1. The van der Waals surface area contributed by atoms with E-state index in [0.29, 0.717) is 108 Å². The van der Waals surface area contributed by atoms with Crippen molar-refractivity contribution in [2.24, 2.45) is 0 Å². The highest BCUT2D eigenvalue weighted by molar-refractivity contribution is 5.91. The number of amides is 2. The lowest BCUT2D eigenvalue weighted by molar-refractivity contribution is -0.127. The van der Waals surface area contributed by atoms with E-state index in [2.05, 4.69) is 10.6 Å². The van der Waals surface area contributed by atoms with E-state index < -0.39 is 29.7 Å². The first kappa shape index (κ1) is 78.2. The average molecular weight is 1470 g/mol. The van der Waals surface area contributed by atoms with E-state index in [-0.39, 0.29) is 71.7 Å². The standard InChI is InChI=1S/C87H92N2O19/c1-57(58(2)90)88-85(91)78(89-86(92)108-87(3,4)5)42-59-12-38-75(39-13-59)99-54-66-40-76(100-55-67-43-79(102-48-60-14-26-69(93-6)27-15-60)83(106-52-64-22-34-73(97-10)35-23-64)80(44-67)103-49-61-16-28-70(94-7)29-17-61)47-77(41-66)101-56-68-45-81(104-50-62-18-30-71(95-8)31-19-62)84(107-53-65-24-36-74(98-11)37-25-65)82(46-68)105-51-63-20-32-72(96-9)33-21-63/h12-41,43-47,57,78H,42,48-56H2,1-11H3,(H,88,91)(H,89,92). The topological polar surface area (TPSA) is 223 Å². The Balaban J connectivity index is 0.995. The largest absolute Gasteiger partial charge is 0.497 e. The van der Waals surface area contributed by atoms with Gasteiger partial charge in [-0.15, -0.1) is 0 Å². The molecule has 0 saturated carbocycles. The lowest BCUT2D eigenvalue weighted by Gasteiger charge is -2.24. The van der Waals surface area contributed by atoms with Crippen molar-refractivity contribution < 1.29 is 90.2 Å². The number of hydrogen-bond acceptors (Lipinski definition) is 19. The molecule has 21 heteroatoms. The van der Waals surface area contributed by atoms with Crippen LogP contribution in [0.4, 0.5) is 4.79 Å². The monoisotopic (exact) mass is 1470 g/mol. The highest BCUT2D eigenvalue weighted by atomic mass is 16.6. The summed E-state index contributed by atoms with van der Waals surface area (Å²) in [4.78, 5) is 38.8. The van der Waals surface area contributed by atoms with Gasteiger partial charge in [0.15, 0.2) is 28.8 Å².